The molecule has 5 nitrogen and oxygen atoms in total. The lowest BCUT2D eigenvalue weighted by Gasteiger charge is -2.28. The van der Waals surface area contributed by atoms with Crippen molar-refractivity contribution in [3.8, 4) is 11.5 Å². The summed E-state index contributed by atoms with van der Waals surface area (Å²) in [6.45, 7) is 1.65. The van der Waals surface area contributed by atoms with Crippen molar-refractivity contribution < 1.29 is 23.0 Å². The monoisotopic (exact) mass is 606 g/mol. The molecule has 210 valence electrons. The molecule has 1 aliphatic carbocycles. The molecule has 0 spiro atoms. The van der Waals surface area contributed by atoms with Crippen LogP contribution in [-0.4, -0.2) is 43.2 Å². The maximum absolute atomic E-state index is 14.0. The predicted molar refractivity (Wildman–Crippen MR) is 153 cm³/mol. The van der Waals surface area contributed by atoms with Gasteiger partial charge in [-0.1, -0.05) is 59.1 Å². The SMILES string of the molecule is O=C(C1=C(c2ccc(OCCOc3c(F)ccc(Cl)c3F)cc2)CCNC1)N(Cc1cccc(Cl)c1Cl)C1CC1. The second-order valence-electron chi connectivity index (χ2n) is 9.65. The number of nitrogens with zero attached hydrogens (tertiary/aromatic N) is 1. The Kier molecular flexibility index (Phi) is 9.16. The number of benzene rings is 3. The van der Waals surface area contributed by atoms with Crippen LogP contribution in [0.5, 0.6) is 11.5 Å². The van der Waals surface area contributed by atoms with Crippen LogP contribution in [0.25, 0.3) is 5.57 Å². The van der Waals surface area contributed by atoms with Gasteiger partial charge in [0.25, 0.3) is 5.91 Å². The fourth-order valence-electron chi connectivity index (χ4n) is 4.68. The number of hydrogen-bond donors (Lipinski definition) is 1. The molecule has 0 atom stereocenters. The first-order valence-electron chi connectivity index (χ1n) is 13.0. The van der Waals surface area contributed by atoms with Crippen molar-refractivity contribution in [3.05, 3.63) is 98.0 Å². The average molecular weight is 608 g/mol. The van der Waals surface area contributed by atoms with Crippen LogP contribution >= 0.6 is 34.8 Å². The Morgan fingerprint density at radius 2 is 1.70 bits per heavy atom. The van der Waals surface area contributed by atoms with Gasteiger partial charge in [0.2, 0.25) is 0 Å². The van der Waals surface area contributed by atoms with Crippen molar-refractivity contribution in [2.75, 3.05) is 26.3 Å². The fourth-order valence-corrected chi connectivity index (χ4v) is 5.21. The van der Waals surface area contributed by atoms with Crippen molar-refractivity contribution in [2.45, 2.75) is 31.8 Å². The molecular weight excluding hydrogens is 581 g/mol. The van der Waals surface area contributed by atoms with E-state index in [0.717, 1.165) is 53.8 Å². The first-order chi connectivity index (χ1) is 19.3. The molecule has 0 saturated heterocycles. The van der Waals surface area contributed by atoms with Crippen molar-refractivity contribution in [3.63, 3.8) is 0 Å². The van der Waals surface area contributed by atoms with Crippen molar-refractivity contribution in [1.82, 2.24) is 10.2 Å². The second-order valence-corrected chi connectivity index (χ2v) is 10.8. The van der Waals surface area contributed by atoms with Gasteiger partial charge < -0.3 is 19.7 Å². The van der Waals surface area contributed by atoms with Crippen LogP contribution < -0.4 is 14.8 Å². The maximum Gasteiger partial charge on any atom is 0.251 e. The molecule has 40 heavy (non-hydrogen) atoms. The zero-order valence-corrected chi connectivity index (χ0v) is 23.8. The van der Waals surface area contributed by atoms with Gasteiger partial charge in [-0.25, -0.2) is 8.78 Å². The van der Waals surface area contributed by atoms with Gasteiger partial charge in [-0.05, 0) is 72.8 Å². The van der Waals surface area contributed by atoms with E-state index in [4.69, 9.17) is 44.3 Å². The fraction of sp³-hybridized carbons (Fsp3) is 0.300. The van der Waals surface area contributed by atoms with E-state index < -0.39 is 17.4 Å². The number of hydrogen-bond acceptors (Lipinski definition) is 4. The molecule has 1 saturated carbocycles. The summed E-state index contributed by atoms with van der Waals surface area (Å²) < 4.78 is 38.7. The summed E-state index contributed by atoms with van der Waals surface area (Å²) in [4.78, 5) is 15.7. The van der Waals surface area contributed by atoms with Crippen LogP contribution in [0, 0.1) is 11.6 Å². The second kappa shape index (κ2) is 12.8. The number of halogens is 5. The Balaban J connectivity index is 1.26. The molecule has 0 bridgehead atoms. The third-order valence-electron chi connectivity index (χ3n) is 6.90. The maximum atomic E-state index is 14.0. The van der Waals surface area contributed by atoms with E-state index in [1.165, 1.54) is 0 Å². The van der Waals surface area contributed by atoms with Crippen LogP contribution in [0.2, 0.25) is 15.1 Å². The van der Waals surface area contributed by atoms with E-state index in [1.54, 1.807) is 18.2 Å². The highest BCUT2D eigenvalue weighted by molar-refractivity contribution is 6.42. The highest BCUT2D eigenvalue weighted by Crippen LogP contribution is 2.35. The van der Waals surface area contributed by atoms with E-state index in [9.17, 15) is 13.6 Å². The summed E-state index contributed by atoms with van der Waals surface area (Å²) in [5, 5.41) is 4.06. The summed E-state index contributed by atoms with van der Waals surface area (Å²) in [6.07, 6.45) is 2.64. The summed E-state index contributed by atoms with van der Waals surface area (Å²) in [7, 11) is 0. The first kappa shape index (κ1) is 28.7. The molecule has 0 aromatic heterocycles. The highest BCUT2D eigenvalue weighted by atomic mass is 35.5. The summed E-state index contributed by atoms with van der Waals surface area (Å²) >= 11 is 18.3. The van der Waals surface area contributed by atoms with Gasteiger partial charge in [-0.15, -0.1) is 0 Å². The molecule has 0 radical (unpaired) electrons. The topological polar surface area (TPSA) is 50.8 Å². The van der Waals surface area contributed by atoms with Gasteiger partial charge in [0, 0.05) is 24.7 Å². The lowest BCUT2D eigenvalue weighted by atomic mass is 9.93. The van der Waals surface area contributed by atoms with Crippen LogP contribution in [0.4, 0.5) is 8.78 Å². The van der Waals surface area contributed by atoms with Gasteiger partial charge in [0.1, 0.15) is 19.0 Å². The van der Waals surface area contributed by atoms with Gasteiger partial charge in [0.05, 0.1) is 15.1 Å². The Morgan fingerprint density at radius 3 is 2.45 bits per heavy atom. The molecule has 1 fully saturated rings. The number of nitrogens with one attached hydrogen (secondary N) is 1. The van der Waals surface area contributed by atoms with Crippen molar-refractivity contribution >= 4 is 46.3 Å². The predicted octanol–water partition coefficient (Wildman–Crippen LogP) is 7.32. The quantitative estimate of drug-likeness (QED) is 0.194. The Bertz CT molecular complexity index is 1430. The van der Waals surface area contributed by atoms with E-state index >= 15 is 0 Å². The Hall–Kier alpha value is -2.84. The molecule has 1 aliphatic heterocycles. The van der Waals surface area contributed by atoms with E-state index in [0.29, 0.717) is 35.3 Å². The van der Waals surface area contributed by atoms with Crippen LogP contribution in [0.3, 0.4) is 0 Å². The molecule has 1 heterocycles. The molecule has 5 rings (SSSR count). The number of ether oxygens (including phenoxy) is 2. The average Bonchev–Trinajstić information content (AvgIpc) is 3.81. The standard InChI is InChI=1S/C30H27Cl3F2N2O3/c31-24-3-1-2-19(27(24)33)17-37(20-6-7-20)30(38)23-16-36-13-12-22(23)18-4-8-21(9-5-18)39-14-15-40-29-26(34)11-10-25(32)28(29)35/h1-5,8-11,20,36H,6-7,12-17H2. The van der Waals surface area contributed by atoms with Gasteiger partial charge in [-0.2, -0.15) is 0 Å². The lowest BCUT2D eigenvalue weighted by Crippen LogP contribution is -2.39. The normalized spacial score (nSPS) is 15.2. The molecule has 10 heteroatoms. The van der Waals surface area contributed by atoms with Gasteiger partial charge in [-0.3, -0.25) is 4.79 Å². The lowest BCUT2D eigenvalue weighted by molar-refractivity contribution is -0.128. The molecule has 2 aliphatic rings. The molecule has 1 amide bonds. The first-order valence-corrected chi connectivity index (χ1v) is 14.1. The summed E-state index contributed by atoms with van der Waals surface area (Å²) in [5.41, 5.74) is 3.50. The zero-order valence-electron chi connectivity index (χ0n) is 21.5. The van der Waals surface area contributed by atoms with Crippen LogP contribution in [0.1, 0.15) is 30.4 Å². The van der Waals surface area contributed by atoms with Crippen molar-refractivity contribution in [1.29, 1.82) is 0 Å². The third-order valence-corrected chi connectivity index (χ3v) is 8.05. The summed E-state index contributed by atoms with van der Waals surface area (Å²) in [5.74, 6) is -1.74. The summed E-state index contributed by atoms with van der Waals surface area (Å²) in [6, 6.07) is 15.3. The molecule has 1 N–H and O–H groups in total. The van der Waals surface area contributed by atoms with E-state index in [2.05, 4.69) is 5.32 Å². The number of carbonyl (C=O) groups is 1. The van der Waals surface area contributed by atoms with Crippen LogP contribution in [0.15, 0.2) is 60.2 Å². The van der Waals surface area contributed by atoms with Gasteiger partial charge >= 0.3 is 0 Å². The van der Waals surface area contributed by atoms with Crippen molar-refractivity contribution in [2.24, 2.45) is 0 Å². The minimum absolute atomic E-state index is 0.00121. The molecule has 3 aromatic rings. The number of amides is 1. The Morgan fingerprint density at radius 1 is 0.950 bits per heavy atom. The largest absolute Gasteiger partial charge is 0.490 e. The molecular formula is C30H27Cl3F2N2O3. The van der Waals surface area contributed by atoms with Gasteiger partial charge in [0.15, 0.2) is 17.4 Å². The smallest absolute Gasteiger partial charge is 0.251 e. The highest BCUT2D eigenvalue weighted by Gasteiger charge is 2.35. The third kappa shape index (κ3) is 6.55. The van der Waals surface area contributed by atoms with E-state index in [1.807, 2.05) is 29.2 Å². The number of rotatable bonds is 10. The molecule has 0 unspecified atom stereocenters. The zero-order chi connectivity index (χ0) is 28.2. The van der Waals surface area contributed by atoms with Crippen LogP contribution in [-0.2, 0) is 11.3 Å². The minimum atomic E-state index is -0.942. The number of carbonyl (C=O) groups excluding carboxylic acids is 1. The minimum Gasteiger partial charge on any atom is -0.490 e. The van der Waals surface area contributed by atoms with E-state index in [-0.39, 0.29) is 30.2 Å². The Labute approximate surface area is 246 Å². The molecule has 3 aromatic carbocycles.